The third kappa shape index (κ3) is 2.42. The normalized spacial score (nSPS) is 10.4. The van der Waals surface area contributed by atoms with Crippen molar-refractivity contribution in [3.63, 3.8) is 0 Å². The number of hydrogen-bond acceptors (Lipinski definition) is 4. The lowest BCUT2D eigenvalue weighted by atomic mass is 10.2. The van der Waals surface area contributed by atoms with Crippen LogP contribution in [0.3, 0.4) is 0 Å². The largest absolute Gasteiger partial charge is 0.464 e. The number of rotatable bonds is 2. The van der Waals surface area contributed by atoms with Crippen LogP contribution >= 0.6 is 27.5 Å². The second-order valence-electron chi connectivity index (χ2n) is 4.10. The van der Waals surface area contributed by atoms with Gasteiger partial charge in [-0.1, -0.05) is 11.6 Å². The maximum absolute atomic E-state index is 13.7. The molecule has 2 rings (SSSR count). The number of anilines is 1. The molecule has 0 amide bonds. The highest BCUT2D eigenvalue weighted by Crippen LogP contribution is 2.36. The standard InChI is InChI=1S/C13H7BrClF2N3O2/c1-22-13(21)12-10(19)5(3-18)4-20(12)11-6(14)2-7(16)9(17)8(11)15/h2,4H,19H2,1H3. The highest BCUT2D eigenvalue weighted by atomic mass is 79.9. The number of benzene rings is 1. The molecule has 22 heavy (non-hydrogen) atoms. The number of nitrogens with two attached hydrogens (primary N) is 1. The Bertz CT molecular complexity index is 830. The van der Waals surface area contributed by atoms with Gasteiger partial charge in [0.2, 0.25) is 0 Å². The summed E-state index contributed by atoms with van der Waals surface area (Å²) in [6.45, 7) is 0. The van der Waals surface area contributed by atoms with Crippen molar-refractivity contribution in [3.8, 4) is 11.8 Å². The lowest BCUT2D eigenvalue weighted by molar-refractivity contribution is 0.0593. The average molecular weight is 391 g/mol. The Labute approximate surface area is 137 Å². The smallest absolute Gasteiger partial charge is 0.357 e. The van der Waals surface area contributed by atoms with E-state index in [0.717, 1.165) is 17.7 Å². The molecule has 0 spiro atoms. The summed E-state index contributed by atoms with van der Waals surface area (Å²) in [5.74, 6) is -3.31. The average Bonchev–Trinajstić information content (AvgIpc) is 2.80. The minimum atomic E-state index is -1.29. The van der Waals surface area contributed by atoms with Crippen molar-refractivity contribution in [1.29, 1.82) is 5.26 Å². The van der Waals surface area contributed by atoms with Crippen molar-refractivity contribution in [2.75, 3.05) is 12.8 Å². The molecule has 0 bridgehead atoms. The molecule has 0 saturated carbocycles. The van der Waals surface area contributed by atoms with E-state index in [1.807, 2.05) is 0 Å². The molecule has 0 aliphatic rings. The van der Waals surface area contributed by atoms with Crippen molar-refractivity contribution in [2.24, 2.45) is 0 Å². The molecule has 2 N–H and O–H groups in total. The molecule has 1 aromatic carbocycles. The van der Waals surface area contributed by atoms with Gasteiger partial charge in [-0.15, -0.1) is 0 Å². The van der Waals surface area contributed by atoms with E-state index in [-0.39, 0.29) is 27.1 Å². The number of esters is 1. The minimum Gasteiger partial charge on any atom is -0.464 e. The molecule has 0 saturated heterocycles. The summed E-state index contributed by atoms with van der Waals surface area (Å²) >= 11 is 8.86. The molecule has 2 aromatic rings. The molecule has 0 aliphatic heterocycles. The predicted molar refractivity (Wildman–Crippen MR) is 78.9 cm³/mol. The van der Waals surface area contributed by atoms with E-state index in [4.69, 9.17) is 22.6 Å². The molecule has 0 fully saturated rings. The van der Waals surface area contributed by atoms with Crippen molar-refractivity contribution in [3.05, 3.63) is 44.7 Å². The van der Waals surface area contributed by atoms with Crippen molar-refractivity contribution in [1.82, 2.24) is 4.57 Å². The van der Waals surface area contributed by atoms with Crippen LogP contribution in [0.15, 0.2) is 16.7 Å². The van der Waals surface area contributed by atoms with E-state index < -0.39 is 22.6 Å². The maximum atomic E-state index is 13.7. The van der Waals surface area contributed by atoms with Gasteiger partial charge in [-0.05, 0) is 22.0 Å². The zero-order valence-corrected chi connectivity index (χ0v) is 13.3. The summed E-state index contributed by atoms with van der Waals surface area (Å²) in [5, 5.41) is 8.45. The molecule has 0 atom stereocenters. The lowest BCUT2D eigenvalue weighted by Gasteiger charge is -2.13. The molecular weight excluding hydrogens is 384 g/mol. The first kappa shape index (κ1) is 16.3. The fraction of sp³-hybridized carbons (Fsp3) is 0.0769. The highest BCUT2D eigenvalue weighted by Gasteiger charge is 2.26. The fourth-order valence-electron chi connectivity index (χ4n) is 1.87. The van der Waals surface area contributed by atoms with Crippen LogP contribution in [0, 0.1) is 23.0 Å². The SMILES string of the molecule is COC(=O)c1c(N)c(C#N)cn1-c1c(Br)cc(F)c(F)c1Cl. The van der Waals surface area contributed by atoms with E-state index in [9.17, 15) is 13.6 Å². The number of halogens is 4. The first-order valence-electron chi connectivity index (χ1n) is 5.66. The summed E-state index contributed by atoms with van der Waals surface area (Å²) in [7, 11) is 1.12. The number of carbonyl (C=O) groups excluding carboxylic acids is 1. The number of aromatic nitrogens is 1. The van der Waals surface area contributed by atoms with E-state index in [0.29, 0.717) is 0 Å². The second kappa shape index (κ2) is 5.94. The molecule has 1 heterocycles. The molecule has 0 aliphatic carbocycles. The third-order valence-electron chi connectivity index (χ3n) is 2.87. The van der Waals surface area contributed by atoms with Crippen LogP contribution in [-0.2, 0) is 4.74 Å². The van der Waals surface area contributed by atoms with E-state index in [1.54, 1.807) is 6.07 Å². The summed E-state index contributed by atoms with van der Waals surface area (Å²) in [6, 6.07) is 2.64. The van der Waals surface area contributed by atoms with Crippen LogP contribution in [0.2, 0.25) is 5.02 Å². The summed E-state index contributed by atoms with van der Waals surface area (Å²) in [4.78, 5) is 11.9. The molecule has 5 nitrogen and oxygen atoms in total. The van der Waals surface area contributed by atoms with Crippen LogP contribution in [0.25, 0.3) is 5.69 Å². The topological polar surface area (TPSA) is 81.0 Å². The fourth-order valence-corrected chi connectivity index (χ4v) is 2.86. The van der Waals surface area contributed by atoms with Gasteiger partial charge >= 0.3 is 5.97 Å². The molecule has 0 radical (unpaired) electrons. The number of hydrogen-bond donors (Lipinski definition) is 1. The van der Waals surface area contributed by atoms with E-state index >= 15 is 0 Å². The molecular formula is C13H7BrClF2N3O2. The Morgan fingerprint density at radius 3 is 2.73 bits per heavy atom. The predicted octanol–water partition coefficient (Wildman–Crippen LogP) is 3.41. The van der Waals surface area contributed by atoms with Crippen molar-refractivity contribution >= 4 is 39.2 Å². The van der Waals surface area contributed by atoms with Crippen LogP contribution < -0.4 is 5.73 Å². The first-order valence-corrected chi connectivity index (χ1v) is 6.83. The Balaban J connectivity index is 2.88. The van der Waals surface area contributed by atoms with Crippen LogP contribution in [0.4, 0.5) is 14.5 Å². The van der Waals surface area contributed by atoms with Crippen LogP contribution in [0.5, 0.6) is 0 Å². The molecule has 0 unspecified atom stereocenters. The molecule has 9 heteroatoms. The van der Waals surface area contributed by atoms with E-state index in [2.05, 4.69) is 20.7 Å². The number of nitrogens with zero attached hydrogens (tertiary/aromatic N) is 2. The van der Waals surface area contributed by atoms with Gasteiger partial charge in [0.25, 0.3) is 0 Å². The van der Waals surface area contributed by atoms with Crippen LogP contribution in [0.1, 0.15) is 16.1 Å². The Morgan fingerprint density at radius 2 is 2.18 bits per heavy atom. The van der Waals surface area contributed by atoms with Gasteiger partial charge in [0.05, 0.1) is 24.0 Å². The van der Waals surface area contributed by atoms with Crippen molar-refractivity contribution < 1.29 is 18.3 Å². The highest BCUT2D eigenvalue weighted by molar-refractivity contribution is 9.10. The zero-order chi connectivity index (χ0) is 16.6. The lowest BCUT2D eigenvalue weighted by Crippen LogP contribution is -2.12. The quantitative estimate of drug-likeness (QED) is 0.484. The number of ether oxygens (including phenoxy) is 1. The summed E-state index contributed by atoms with van der Waals surface area (Å²) < 4.78 is 32.8. The zero-order valence-electron chi connectivity index (χ0n) is 11.0. The maximum Gasteiger partial charge on any atom is 0.357 e. The van der Waals surface area contributed by atoms with Gasteiger partial charge in [0.15, 0.2) is 17.3 Å². The van der Waals surface area contributed by atoms with Gasteiger partial charge in [-0.25, -0.2) is 13.6 Å². The second-order valence-corrected chi connectivity index (χ2v) is 5.33. The number of methoxy groups -OCH3 is 1. The Morgan fingerprint density at radius 1 is 1.55 bits per heavy atom. The number of carbonyl (C=O) groups is 1. The third-order valence-corrected chi connectivity index (χ3v) is 3.82. The first-order chi connectivity index (χ1) is 10.3. The van der Waals surface area contributed by atoms with Crippen LogP contribution in [-0.4, -0.2) is 17.6 Å². The molecule has 1 aromatic heterocycles. The van der Waals surface area contributed by atoms with Gasteiger partial charge < -0.3 is 15.0 Å². The van der Waals surface area contributed by atoms with Crippen molar-refractivity contribution in [2.45, 2.75) is 0 Å². The number of nitrogen functional groups attached to an aromatic ring is 1. The van der Waals surface area contributed by atoms with Gasteiger partial charge in [0.1, 0.15) is 11.1 Å². The monoisotopic (exact) mass is 389 g/mol. The minimum absolute atomic E-state index is 0.0342. The molecule has 114 valence electrons. The van der Waals surface area contributed by atoms with Gasteiger partial charge in [0, 0.05) is 10.7 Å². The Kier molecular flexibility index (Phi) is 4.39. The van der Waals surface area contributed by atoms with E-state index in [1.165, 1.54) is 6.20 Å². The van der Waals surface area contributed by atoms with Gasteiger partial charge in [-0.2, -0.15) is 5.26 Å². The summed E-state index contributed by atoms with van der Waals surface area (Å²) in [6.07, 6.45) is 1.19. The summed E-state index contributed by atoms with van der Waals surface area (Å²) in [5.41, 5.74) is 5.25. The number of nitriles is 1. The van der Waals surface area contributed by atoms with Gasteiger partial charge in [-0.3, -0.25) is 0 Å². The Hall–Kier alpha value is -2.11.